The Bertz CT molecular complexity index is 678. The van der Waals surface area contributed by atoms with Crippen LogP contribution >= 0.6 is 0 Å². The van der Waals surface area contributed by atoms with Crippen molar-refractivity contribution in [2.24, 2.45) is 0 Å². The number of aryl methyl sites for hydroxylation is 2. The number of methoxy groups -OCH3 is 2. The zero-order chi connectivity index (χ0) is 16.8. The van der Waals surface area contributed by atoms with E-state index in [1.165, 1.54) is 0 Å². The SMILES string of the molecule is COc1ccc(CNC(=O)Cc2cc(C)c(OC)cc2C)cc1. The Morgan fingerprint density at radius 3 is 2.30 bits per heavy atom. The molecule has 0 aliphatic rings. The van der Waals surface area contributed by atoms with E-state index in [2.05, 4.69) is 5.32 Å². The largest absolute Gasteiger partial charge is 0.497 e. The Kier molecular flexibility index (Phi) is 5.63. The zero-order valence-electron chi connectivity index (χ0n) is 14.1. The van der Waals surface area contributed by atoms with Gasteiger partial charge in [-0.15, -0.1) is 0 Å². The first-order valence-corrected chi connectivity index (χ1v) is 7.57. The molecule has 0 saturated carbocycles. The average Bonchev–Trinajstić information content (AvgIpc) is 2.56. The lowest BCUT2D eigenvalue weighted by atomic mass is 10.0. The van der Waals surface area contributed by atoms with Crippen LogP contribution < -0.4 is 14.8 Å². The maximum atomic E-state index is 12.2. The molecule has 2 aromatic carbocycles. The van der Waals surface area contributed by atoms with Gasteiger partial charge in [-0.3, -0.25) is 4.79 Å². The molecule has 0 aliphatic carbocycles. The number of amides is 1. The number of hydrogen-bond donors (Lipinski definition) is 1. The van der Waals surface area contributed by atoms with Gasteiger partial charge in [0.1, 0.15) is 11.5 Å². The van der Waals surface area contributed by atoms with Crippen LogP contribution in [0, 0.1) is 13.8 Å². The predicted octanol–water partition coefficient (Wildman–Crippen LogP) is 3.18. The molecule has 23 heavy (non-hydrogen) atoms. The van der Waals surface area contributed by atoms with Gasteiger partial charge in [0.05, 0.1) is 20.6 Å². The molecule has 0 saturated heterocycles. The number of carbonyl (C=O) groups excluding carboxylic acids is 1. The third-order valence-electron chi connectivity index (χ3n) is 3.85. The van der Waals surface area contributed by atoms with Gasteiger partial charge >= 0.3 is 0 Å². The van der Waals surface area contributed by atoms with Crippen molar-refractivity contribution in [2.45, 2.75) is 26.8 Å². The molecule has 4 heteroatoms. The van der Waals surface area contributed by atoms with Crippen LogP contribution in [-0.4, -0.2) is 20.1 Å². The van der Waals surface area contributed by atoms with Crippen molar-refractivity contribution >= 4 is 5.91 Å². The summed E-state index contributed by atoms with van der Waals surface area (Å²) in [6, 6.07) is 11.7. The van der Waals surface area contributed by atoms with E-state index in [1.807, 2.05) is 50.2 Å². The monoisotopic (exact) mass is 313 g/mol. The van der Waals surface area contributed by atoms with Gasteiger partial charge in [-0.25, -0.2) is 0 Å². The van der Waals surface area contributed by atoms with Gasteiger partial charge in [0, 0.05) is 6.54 Å². The van der Waals surface area contributed by atoms with E-state index >= 15 is 0 Å². The second-order valence-corrected chi connectivity index (χ2v) is 5.55. The van der Waals surface area contributed by atoms with E-state index in [-0.39, 0.29) is 5.91 Å². The second kappa shape index (κ2) is 7.68. The Balaban J connectivity index is 1.95. The maximum absolute atomic E-state index is 12.2. The van der Waals surface area contributed by atoms with Crippen molar-refractivity contribution in [2.75, 3.05) is 14.2 Å². The number of carbonyl (C=O) groups is 1. The van der Waals surface area contributed by atoms with Gasteiger partial charge in [-0.1, -0.05) is 18.2 Å². The van der Waals surface area contributed by atoms with Gasteiger partial charge < -0.3 is 14.8 Å². The van der Waals surface area contributed by atoms with Crippen LogP contribution in [0.2, 0.25) is 0 Å². The van der Waals surface area contributed by atoms with Crippen LogP contribution in [0.25, 0.3) is 0 Å². The molecule has 0 aliphatic heterocycles. The van der Waals surface area contributed by atoms with E-state index in [0.29, 0.717) is 13.0 Å². The molecule has 2 aromatic rings. The van der Waals surface area contributed by atoms with Crippen molar-refractivity contribution < 1.29 is 14.3 Å². The van der Waals surface area contributed by atoms with E-state index < -0.39 is 0 Å². The fourth-order valence-corrected chi connectivity index (χ4v) is 2.44. The summed E-state index contributed by atoms with van der Waals surface area (Å²) in [5, 5.41) is 2.95. The van der Waals surface area contributed by atoms with Crippen LogP contribution in [0.4, 0.5) is 0 Å². The highest BCUT2D eigenvalue weighted by atomic mass is 16.5. The zero-order valence-corrected chi connectivity index (χ0v) is 14.1. The smallest absolute Gasteiger partial charge is 0.224 e. The highest BCUT2D eigenvalue weighted by Gasteiger charge is 2.09. The second-order valence-electron chi connectivity index (χ2n) is 5.55. The Morgan fingerprint density at radius 1 is 1.00 bits per heavy atom. The van der Waals surface area contributed by atoms with E-state index in [1.54, 1.807) is 14.2 Å². The minimum atomic E-state index is 0.00786. The molecule has 0 heterocycles. The number of ether oxygens (including phenoxy) is 2. The van der Waals surface area contributed by atoms with Crippen molar-refractivity contribution in [3.8, 4) is 11.5 Å². The lowest BCUT2D eigenvalue weighted by Gasteiger charge is -2.12. The van der Waals surface area contributed by atoms with Gasteiger partial charge in [0.25, 0.3) is 0 Å². The molecule has 122 valence electrons. The molecule has 1 N–H and O–H groups in total. The van der Waals surface area contributed by atoms with Gasteiger partial charge in [-0.2, -0.15) is 0 Å². The number of benzene rings is 2. The summed E-state index contributed by atoms with van der Waals surface area (Å²) < 4.78 is 10.4. The minimum Gasteiger partial charge on any atom is -0.497 e. The first kappa shape index (κ1) is 16.9. The van der Waals surface area contributed by atoms with Crippen LogP contribution in [0.3, 0.4) is 0 Å². The summed E-state index contributed by atoms with van der Waals surface area (Å²) in [6.45, 7) is 4.49. The Labute approximate surface area is 137 Å². The fraction of sp³-hybridized carbons (Fsp3) is 0.316. The van der Waals surface area contributed by atoms with Gasteiger partial charge in [0.2, 0.25) is 5.91 Å². The normalized spacial score (nSPS) is 10.3. The summed E-state index contributed by atoms with van der Waals surface area (Å²) >= 11 is 0. The van der Waals surface area contributed by atoms with E-state index in [0.717, 1.165) is 33.8 Å². The highest BCUT2D eigenvalue weighted by molar-refractivity contribution is 5.79. The number of rotatable bonds is 6. The standard InChI is InChI=1S/C19H23NO3/c1-13-10-18(23-4)14(2)9-16(13)11-19(21)20-12-15-5-7-17(22-3)8-6-15/h5-10H,11-12H2,1-4H3,(H,20,21). The molecule has 0 fully saturated rings. The van der Waals surface area contributed by atoms with Crippen LogP contribution in [0.5, 0.6) is 11.5 Å². The topological polar surface area (TPSA) is 47.6 Å². The summed E-state index contributed by atoms with van der Waals surface area (Å²) in [7, 11) is 3.29. The molecule has 0 aromatic heterocycles. The summed E-state index contributed by atoms with van der Waals surface area (Å²) in [5.41, 5.74) is 4.17. The molecule has 0 bridgehead atoms. The van der Waals surface area contributed by atoms with Crippen molar-refractivity contribution in [1.29, 1.82) is 0 Å². The molecular formula is C19H23NO3. The highest BCUT2D eigenvalue weighted by Crippen LogP contribution is 2.22. The molecule has 0 unspecified atom stereocenters. The van der Waals surface area contributed by atoms with Crippen LogP contribution in [-0.2, 0) is 17.8 Å². The molecule has 0 atom stereocenters. The number of hydrogen-bond acceptors (Lipinski definition) is 3. The van der Waals surface area contributed by atoms with E-state index in [9.17, 15) is 4.79 Å². The number of nitrogens with one attached hydrogen (secondary N) is 1. The summed E-state index contributed by atoms with van der Waals surface area (Å²) in [5.74, 6) is 1.67. The van der Waals surface area contributed by atoms with Gasteiger partial charge in [-0.05, 0) is 54.3 Å². The lowest BCUT2D eigenvalue weighted by molar-refractivity contribution is -0.120. The quantitative estimate of drug-likeness (QED) is 0.891. The summed E-state index contributed by atoms with van der Waals surface area (Å²) in [6.07, 6.45) is 0.368. The summed E-state index contributed by atoms with van der Waals surface area (Å²) in [4.78, 5) is 12.2. The molecule has 2 rings (SSSR count). The van der Waals surface area contributed by atoms with Crippen LogP contribution in [0.15, 0.2) is 36.4 Å². The Hall–Kier alpha value is -2.49. The third kappa shape index (κ3) is 4.49. The molecule has 4 nitrogen and oxygen atoms in total. The van der Waals surface area contributed by atoms with E-state index in [4.69, 9.17) is 9.47 Å². The third-order valence-corrected chi connectivity index (χ3v) is 3.85. The first-order chi connectivity index (χ1) is 11.0. The van der Waals surface area contributed by atoms with Crippen molar-refractivity contribution in [3.63, 3.8) is 0 Å². The van der Waals surface area contributed by atoms with Crippen molar-refractivity contribution in [3.05, 3.63) is 58.7 Å². The van der Waals surface area contributed by atoms with Gasteiger partial charge in [0.15, 0.2) is 0 Å². The lowest BCUT2D eigenvalue weighted by Crippen LogP contribution is -2.24. The van der Waals surface area contributed by atoms with Crippen LogP contribution in [0.1, 0.15) is 22.3 Å². The fourth-order valence-electron chi connectivity index (χ4n) is 2.44. The maximum Gasteiger partial charge on any atom is 0.224 e. The minimum absolute atomic E-state index is 0.00786. The molecule has 0 spiro atoms. The van der Waals surface area contributed by atoms with Crippen molar-refractivity contribution in [1.82, 2.24) is 5.32 Å². The first-order valence-electron chi connectivity index (χ1n) is 7.57. The molecule has 0 radical (unpaired) electrons. The molecular weight excluding hydrogens is 290 g/mol. The average molecular weight is 313 g/mol. The Morgan fingerprint density at radius 2 is 1.70 bits per heavy atom. The molecule has 1 amide bonds. The predicted molar refractivity (Wildman–Crippen MR) is 91.0 cm³/mol.